The van der Waals surface area contributed by atoms with Gasteiger partial charge in [0.25, 0.3) is 0 Å². The maximum Gasteiger partial charge on any atom is 0.200 e. The summed E-state index contributed by atoms with van der Waals surface area (Å²) in [4.78, 5) is 4.31. The fourth-order valence-electron chi connectivity index (χ4n) is 8.30. The number of halogens is 10. The van der Waals surface area contributed by atoms with Gasteiger partial charge in [-0.3, -0.25) is 0 Å². The largest absolute Gasteiger partial charge is 0.346 e. The predicted molar refractivity (Wildman–Crippen MR) is 182 cm³/mol. The van der Waals surface area contributed by atoms with Crippen molar-refractivity contribution in [2.75, 3.05) is 9.80 Å². The quantitative estimate of drug-likeness (QED) is 0.0908. The van der Waals surface area contributed by atoms with Crippen molar-refractivity contribution in [3.63, 3.8) is 0 Å². The summed E-state index contributed by atoms with van der Waals surface area (Å²) in [6, 6.07) is 7.03. The van der Waals surface area contributed by atoms with Crippen LogP contribution in [-0.4, -0.2) is 18.2 Å². The molecule has 4 aromatic carbocycles. The number of hydrogen-bond donors (Lipinski definition) is 0. The second-order valence-electron chi connectivity index (χ2n) is 14.0. The number of benzene rings is 4. The second-order valence-corrected chi connectivity index (χ2v) is 14.0. The van der Waals surface area contributed by atoms with E-state index in [4.69, 9.17) is 0 Å². The highest BCUT2D eigenvalue weighted by Gasteiger charge is 2.46. The van der Waals surface area contributed by atoms with Crippen molar-refractivity contribution in [2.45, 2.75) is 105 Å². The van der Waals surface area contributed by atoms with E-state index in [1.54, 1.807) is 0 Å². The Balaban J connectivity index is 1.61. The molecule has 1 saturated heterocycles. The summed E-state index contributed by atoms with van der Waals surface area (Å²) in [6.45, 7) is 13.6. The van der Waals surface area contributed by atoms with Crippen LogP contribution in [0.2, 0.25) is 0 Å². The van der Waals surface area contributed by atoms with Crippen LogP contribution in [0.5, 0.6) is 0 Å². The van der Waals surface area contributed by atoms with Gasteiger partial charge in [-0.2, -0.15) is 0 Å². The monoisotopic (exact) mass is 738 g/mol. The van der Waals surface area contributed by atoms with Crippen LogP contribution in [0.15, 0.2) is 24.3 Å². The van der Waals surface area contributed by atoms with Crippen molar-refractivity contribution >= 4 is 11.4 Å². The third kappa shape index (κ3) is 6.85. The lowest BCUT2D eigenvalue weighted by Crippen LogP contribution is -2.40. The van der Waals surface area contributed by atoms with Crippen LogP contribution in [0.25, 0.3) is 0 Å². The molecule has 0 radical (unpaired) electrons. The summed E-state index contributed by atoms with van der Waals surface area (Å²) >= 11 is 0. The van der Waals surface area contributed by atoms with Gasteiger partial charge in [0.2, 0.25) is 11.6 Å². The molecule has 0 amide bonds. The third-order valence-electron chi connectivity index (χ3n) is 10.2. The molecule has 0 bridgehead atoms. The van der Waals surface area contributed by atoms with E-state index >= 15 is 0 Å². The highest BCUT2D eigenvalue weighted by molar-refractivity contribution is 5.69. The highest BCUT2D eigenvalue weighted by Crippen LogP contribution is 2.44. The number of nitrogens with zero attached hydrogens (tertiary/aromatic N) is 2. The number of hydrogen-bond acceptors (Lipinski definition) is 2. The Morgan fingerprint density at radius 1 is 0.423 bits per heavy atom. The van der Waals surface area contributed by atoms with E-state index < -0.39 is 100 Å². The molecule has 1 aliphatic rings. The van der Waals surface area contributed by atoms with Gasteiger partial charge in [-0.15, -0.1) is 0 Å². The highest BCUT2D eigenvalue weighted by atomic mass is 19.2. The van der Waals surface area contributed by atoms with Crippen molar-refractivity contribution < 1.29 is 43.9 Å². The molecule has 2 nitrogen and oxygen atoms in total. The Hall–Kier alpha value is -4.22. The van der Waals surface area contributed by atoms with Crippen molar-refractivity contribution in [3.05, 3.63) is 127 Å². The lowest BCUT2D eigenvalue weighted by molar-refractivity contribution is 0.366. The summed E-state index contributed by atoms with van der Waals surface area (Å²) in [5.41, 5.74) is 5.60. The Morgan fingerprint density at radius 3 is 0.942 bits per heavy atom. The fourth-order valence-corrected chi connectivity index (χ4v) is 8.30. The van der Waals surface area contributed by atoms with Gasteiger partial charge in [-0.1, -0.05) is 35.4 Å². The molecule has 0 saturated carbocycles. The molecule has 5 rings (SSSR count). The topological polar surface area (TPSA) is 6.48 Å². The zero-order valence-electron chi connectivity index (χ0n) is 30.0. The number of anilines is 2. The second kappa shape index (κ2) is 15.0. The molecule has 0 aliphatic carbocycles. The van der Waals surface area contributed by atoms with Crippen LogP contribution in [0.3, 0.4) is 0 Å². The molecule has 2 unspecified atom stereocenters. The Labute approximate surface area is 297 Å². The van der Waals surface area contributed by atoms with Gasteiger partial charge in [-0.05, 0) is 109 Å². The molecular formula is C40H40F10N2. The van der Waals surface area contributed by atoms with Crippen molar-refractivity contribution in [1.29, 1.82) is 0 Å². The molecule has 12 heteroatoms. The van der Waals surface area contributed by atoms with E-state index in [9.17, 15) is 43.9 Å². The predicted octanol–water partition coefficient (Wildman–Crippen LogP) is 11.4. The van der Waals surface area contributed by atoms with Gasteiger partial charge >= 0.3 is 0 Å². The Bertz CT molecular complexity index is 1780. The first-order chi connectivity index (χ1) is 24.4. The van der Waals surface area contributed by atoms with Crippen LogP contribution < -0.4 is 9.80 Å². The lowest BCUT2D eigenvalue weighted by Gasteiger charge is -2.35. The molecule has 1 heterocycles. The first kappa shape index (κ1) is 39.0. The van der Waals surface area contributed by atoms with Crippen LogP contribution in [0.4, 0.5) is 55.3 Å². The first-order valence-electron chi connectivity index (χ1n) is 17.1. The van der Waals surface area contributed by atoms with Crippen LogP contribution in [-0.2, 0) is 12.8 Å². The van der Waals surface area contributed by atoms with E-state index in [0.29, 0.717) is 0 Å². The standard InChI is InChI=1S/C40H40F10N2/c1-18-14-20(3)39(21(4)15-18)51-24(7)52(40-22(5)16-19(2)17-23(40)6)28(13-9-11-26-31(43)35(47)38(50)36(48)32(26)44)27(51)12-8-10-25-29(41)33(45)37(49)34(46)30(25)42/h14-17,24,27-28H,8-13H2,1-7H3. The maximum absolute atomic E-state index is 14.7. The average molecular weight is 739 g/mol. The van der Waals surface area contributed by atoms with Crippen molar-refractivity contribution in [1.82, 2.24) is 0 Å². The van der Waals surface area contributed by atoms with E-state index in [1.165, 1.54) is 0 Å². The molecule has 0 N–H and O–H groups in total. The van der Waals surface area contributed by atoms with Gasteiger partial charge in [-0.25, -0.2) is 43.9 Å². The van der Waals surface area contributed by atoms with Crippen LogP contribution in [0, 0.1) is 99.7 Å². The molecule has 1 fully saturated rings. The lowest BCUT2D eigenvalue weighted by atomic mass is 9.92. The first-order valence-corrected chi connectivity index (χ1v) is 17.1. The zero-order chi connectivity index (χ0) is 38.5. The third-order valence-corrected chi connectivity index (χ3v) is 10.2. The molecule has 4 aromatic rings. The van der Waals surface area contributed by atoms with Gasteiger partial charge < -0.3 is 9.80 Å². The minimum absolute atomic E-state index is 0.00988. The average Bonchev–Trinajstić information content (AvgIpc) is 3.33. The van der Waals surface area contributed by atoms with Crippen molar-refractivity contribution in [2.24, 2.45) is 0 Å². The van der Waals surface area contributed by atoms with Gasteiger partial charge in [0.1, 0.15) is 0 Å². The molecule has 2 atom stereocenters. The molecular weight excluding hydrogens is 698 g/mol. The summed E-state index contributed by atoms with van der Waals surface area (Å²) in [5, 5.41) is 0. The molecule has 52 heavy (non-hydrogen) atoms. The summed E-state index contributed by atoms with van der Waals surface area (Å²) in [7, 11) is 0. The molecule has 280 valence electrons. The summed E-state index contributed by atoms with van der Waals surface area (Å²) in [5.74, 6) is -20.2. The summed E-state index contributed by atoms with van der Waals surface area (Å²) in [6.07, 6.45) is -0.992. The Kier molecular flexibility index (Phi) is 11.3. The van der Waals surface area contributed by atoms with Crippen LogP contribution >= 0.6 is 0 Å². The molecule has 1 aliphatic heterocycles. The SMILES string of the molecule is Cc1cc(C)c(N2C(CCCc3c(F)c(F)c(F)c(F)c3F)C(CCCc3c(F)c(F)c(F)c(F)c3F)N(c3c(C)cc(C)cc3C)C2C)c(C)c1. The maximum atomic E-state index is 14.7. The van der Waals surface area contributed by atoms with Crippen molar-refractivity contribution in [3.8, 4) is 0 Å². The molecule has 0 aromatic heterocycles. The van der Waals surface area contributed by atoms with Gasteiger partial charge in [0.05, 0.1) is 18.2 Å². The molecule has 0 spiro atoms. The van der Waals surface area contributed by atoms with Gasteiger partial charge in [0.15, 0.2) is 46.5 Å². The fraction of sp³-hybridized carbons (Fsp3) is 0.400. The Morgan fingerprint density at radius 2 is 0.673 bits per heavy atom. The smallest absolute Gasteiger partial charge is 0.200 e. The van der Waals surface area contributed by atoms with Gasteiger partial charge in [0, 0.05) is 22.5 Å². The normalized spacial score (nSPS) is 17.5. The minimum atomic E-state index is -2.24. The number of rotatable bonds is 10. The van der Waals surface area contributed by atoms with E-state index in [2.05, 4.69) is 9.80 Å². The number of aryl methyl sites for hydroxylation is 6. The minimum Gasteiger partial charge on any atom is -0.346 e. The van der Waals surface area contributed by atoms with E-state index in [-0.39, 0.29) is 25.7 Å². The van der Waals surface area contributed by atoms with E-state index in [0.717, 1.165) is 44.8 Å². The van der Waals surface area contributed by atoms with Crippen LogP contribution in [0.1, 0.15) is 77.1 Å². The zero-order valence-corrected chi connectivity index (χ0v) is 30.0. The summed E-state index contributed by atoms with van der Waals surface area (Å²) < 4.78 is 143. The van der Waals surface area contributed by atoms with E-state index in [1.807, 2.05) is 72.7 Å².